The van der Waals surface area contributed by atoms with Gasteiger partial charge in [0.15, 0.2) is 5.69 Å². The van der Waals surface area contributed by atoms with Crippen LogP contribution in [0.4, 0.5) is 8.78 Å². The summed E-state index contributed by atoms with van der Waals surface area (Å²) < 4.78 is 27.7. The van der Waals surface area contributed by atoms with Crippen molar-refractivity contribution in [1.82, 2.24) is 15.0 Å². The highest BCUT2D eigenvalue weighted by Crippen LogP contribution is 2.13. The molecule has 0 aliphatic heterocycles. The lowest BCUT2D eigenvalue weighted by Gasteiger charge is -2.03. The maximum atomic E-state index is 13.3. The number of halogens is 2. The van der Waals surface area contributed by atoms with Crippen LogP contribution < -0.4 is 0 Å². The molecular weight excluding hydrogens is 214 g/mol. The Kier molecular flexibility index (Phi) is 2.60. The Balaban J connectivity index is 2.31. The van der Waals surface area contributed by atoms with E-state index in [0.717, 1.165) is 0 Å². The molecule has 4 nitrogen and oxygen atoms in total. The van der Waals surface area contributed by atoms with E-state index in [2.05, 4.69) is 10.3 Å². The normalized spacial score (nSPS) is 10.1. The van der Waals surface area contributed by atoms with E-state index in [-0.39, 0.29) is 17.8 Å². The third-order valence-electron chi connectivity index (χ3n) is 2.03. The van der Waals surface area contributed by atoms with Gasteiger partial charge in [0.25, 0.3) is 0 Å². The van der Waals surface area contributed by atoms with Crippen LogP contribution in [0.2, 0.25) is 0 Å². The minimum absolute atomic E-state index is 0.0901. The Bertz CT molecular complexity index is 536. The first-order valence-electron chi connectivity index (χ1n) is 4.44. The van der Waals surface area contributed by atoms with Crippen molar-refractivity contribution >= 4 is 0 Å². The molecule has 1 aromatic heterocycles. The largest absolute Gasteiger partial charge is 0.247 e. The number of aromatic nitrogens is 3. The average Bonchev–Trinajstić information content (AvgIpc) is 2.71. The molecule has 6 heteroatoms. The van der Waals surface area contributed by atoms with Crippen molar-refractivity contribution in [3.63, 3.8) is 0 Å². The van der Waals surface area contributed by atoms with E-state index < -0.39 is 11.6 Å². The molecule has 0 saturated carbocycles. The Morgan fingerprint density at radius 2 is 2.00 bits per heavy atom. The van der Waals surface area contributed by atoms with Crippen molar-refractivity contribution in [2.45, 2.75) is 6.54 Å². The Hall–Kier alpha value is -2.29. The average molecular weight is 220 g/mol. The minimum atomic E-state index is -0.644. The first-order chi connectivity index (χ1) is 7.70. The number of rotatable bonds is 2. The molecule has 1 heterocycles. The fourth-order valence-electron chi connectivity index (χ4n) is 1.27. The lowest BCUT2D eigenvalue weighted by molar-refractivity contribution is 0.528. The summed E-state index contributed by atoms with van der Waals surface area (Å²) in [5, 5.41) is 15.6. The third kappa shape index (κ3) is 1.88. The van der Waals surface area contributed by atoms with Gasteiger partial charge in [0.05, 0.1) is 12.7 Å². The maximum absolute atomic E-state index is 13.3. The van der Waals surface area contributed by atoms with Gasteiger partial charge in [-0.2, -0.15) is 5.26 Å². The van der Waals surface area contributed by atoms with Crippen LogP contribution in [0.15, 0.2) is 24.4 Å². The first-order valence-corrected chi connectivity index (χ1v) is 4.44. The van der Waals surface area contributed by atoms with E-state index in [1.54, 1.807) is 6.07 Å². The molecule has 1 aromatic carbocycles. The van der Waals surface area contributed by atoms with Crippen LogP contribution in [0.5, 0.6) is 0 Å². The lowest BCUT2D eigenvalue weighted by atomic mass is 10.2. The van der Waals surface area contributed by atoms with Gasteiger partial charge in [-0.05, 0) is 12.1 Å². The fourth-order valence-corrected chi connectivity index (χ4v) is 1.27. The Morgan fingerprint density at radius 1 is 1.31 bits per heavy atom. The van der Waals surface area contributed by atoms with Crippen molar-refractivity contribution in [3.8, 4) is 6.07 Å². The van der Waals surface area contributed by atoms with Gasteiger partial charge < -0.3 is 0 Å². The van der Waals surface area contributed by atoms with Crippen LogP contribution in [0.1, 0.15) is 11.3 Å². The molecule has 0 saturated heterocycles. The second-order valence-corrected chi connectivity index (χ2v) is 3.11. The molecule has 0 atom stereocenters. The summed E-state index contributed by atoms with van der Waals surface area (Å²) in [5.41, 5.74) is 0.00800. The number of nitrogens with zero attached hydrogens (tertiary/aromatic N) is 4. The van der Waals surface area contributed by atoms with E-state index in [1.807, 2.05) is 0 Å². The molecule has 16 heavy (non-hydrogen) atoms. The van der Waals surface area contributed by atoms with E-state index >= 15 is 0 Å². The second kappa shape index (κ2) is 4.06. The summed E-state index contributed by atoms with van der Waals surface area (Å²) in [6.07, 6.45) is 1.33. The van der Waals surface area contributed by atoms with Crippen molar-refractivity contribution in [2.75, 3.05) is 0 Å². The van der Waals surface area contributed by atoms with Gasteiger partial charge in [-0.3, -0.25) is 0 Å². The number of benzene rings is 1. The van der Waals surface area contributed by atoms with E-state index in [0.29, 0.717) is 0 Å². The molecule has 0 radical (unpaired) electrons. The minimum Gasteiger partial charge on any atom is -0.247 e. The summed E-state index contributed by atoms with van der Waals surface area (Å²) in [7, 11) is 0. The van der Waals surface area contributed by atoms with Crippen LogP contribution in [0.25, 0.3) is 0 Å². The van der Waals surface area contributed by atoms with Gasteiger partial charge in [-0.15, -0.1) is 5.10 Å². The molecule has 2 aromatic rings. The molecule has 2 rings (SSSR count). The standard InChI is InChI=1S/C10H6F2N4/c11-9-2-1-3-10(12)8(9)6-16-5-7(4-13)14-15-16/h1-3,5H,6H2. The topological polar surface area (TPSA) is 54.5 Å². The molecule has 0 aliphatic rings. The summed E-state index contributed by atoms with van der Waals surface area (Å²) in [6, 6.07) is 5.40. The molecule has 0 bridgehead atoms. The van der Waals surface area contributed by atoms with Crippen molar-refractivity contribution < 1.29 is 8.78 Å². The molecular formula is C10H6F2N4. The smallest absolute Gasteiger partial charge is 0.182 e. The first kappa shape index (κ1) is 10.2. The third-order valence-corrected chi connectivity index (χ3v) is 2.03. The van der Waals surface area contributed by atoms with Crippen molar-refractivity contribution in [1.29, 1.82) is 5.26 Å². The van der Waals surface area contributed by atoms with E-state index in [9.17, 15) is 8.78 Å². The summed E-state index contributed by atoms with van der Waals surface area (Å²) >= 11 is 0. The van der Waals surface area contributed by atoms with Gasteiger partial charge in [0.1, 0.15) is 17.7 Å². The zero-order chi connectivity index (χ0) is 11.5. The zero-order valence-electron chi connectivity index (χ0n) is 8.06. The number of hydrogen-bond acceptors (Lipinski definition) is 3. The van der Waals surface area contributed by atoms with Gasteiger partial charge in [-0.25, -0.2) is 13.5 Å². The van der Waals surface area contributed by atoms with Crippen LogP contribution in [-0.4, -0.2) is 15.0 Å². The van der Waals surface area contributed by atoms with Crippen LogP contribution in [-0.2, 0) is 6.54 Å². The summed E-state index contributed by atoms with van der Waals surface area (Å²) in [6.45, 7) is -0.0901. The predicted molar refractivity (Wildman–Crippen MR) is 50.2 cm³/mol. The van der Waals surface area contributed by atoms with Crippen LogP contribution in [0.3, 0.4) is 0 Å². The molecule has 0 unspecified atom stereocenters. The fraction of sp³-hybridized carbons (Fsp3) is 0.100. The molecule has 80 valence electrons. The molecule has 0 aliphatic carbocycles. The van der Waals surface area contributed by atoms with Gasteiger partial charge in [0, 0.05) is 5.56 Å². The van der Waals surface area contributed by atoms with E-state index in [4.69, 9.17) is 5.26 Å². The van der Waals surface area contributed by atoms with E-state index in [1.165, 1.54) is 29.1 Å². The quantitative estimate of drug-likeness (QED) is 0.770. The Morgan fingerprint density at radius 3 is 2.56 bits per heavy atom. The molecule has 0 amide bonds. The lowest BCUT2D eigenvalue weighted by Crippen LogP contribution is -2.05. The number of hydrogen-bond donors (Lipinski definition) is 0. The Labute approximate surface area is 89.7 Å². The van der Waals surface area contributed by atoms with Gasteiger partial charge >= 0.3 is 0 Å². The summed E-state index contributed by atoms with van der Waals surface area (Å²) in [4.78, 5) is 0. The number of nitriles is 1. The van der Waals surface area contributed by atoms with Crippen molar-refractivity contribution in [2.24, 2.45) is 0 Å². The predicted octanol–water partition coefficient (Wildman–Crippen LogP) is 1.48. The zero-order valence-corrected chi connectivity index (χ0v) is 8.06. The second-order valence-electron chi connectivity index (χ2n) is 3.11. The summed E-state index contributed by atoms with van der Waals surface area (Å²) in [5.74, 6) is -1.29. The van der Waals surface area contributed by atoms with Crippen molar-refractivity contribution in [3.05, 3.63) is 47.3 Å². The van der Waals surface area contributed by atoms with Crippen LogP contribution >= 0.6 is 0 Å². The molecule has 0 N–H and O–H groups in total. The van der Waals surface area contributed by atoms with Gasteiger partial charge in [0.2, 0.25) is 0 Å². The monoisotopic (exact) mass is 220 g/mol. The molecule has 0 fully saturated rings. The van der Waals surface area contributed by atoms with Gasteiger partial charge in [-0.1, -0.05) is 11.3 Å². The van der Waals surface area contributed by atoms with Crippen LogP contribution in [0, 0.1) is 23.0 Å². The highest BCUT2D eigenvalue weighted by atomic mass is 19.1. The molecule has 0 spiro atoms. The SMILES string of the molecule is N#Cc1cn(Cc2c(F)cccc2F)nn1. The maximum Gasteiger partial charge on any atom is 0.182 e. The highest BCUT2D eigenvalue weighted by molar-refractivity contribution is 5.20. The highest BCUT2D eigenvalue weighted by Gasteiger charge is 2.10.